The summed E-state index contributed by atoms with van der Waals surface area (Å²) >= 11 is 0. The number of fused-ring (bicyclic) bond motifs is 3. The minimum absolute atomic E-state index is 0.154. The highest BCUT2D eigenvalue weighted by atomic mass is 16.2. The molecule has 0 unspecified atom stereocenters. The van der Waals surface area contributed by atoms with E-state index in [2.05, 4.69) is 36.6 Å². The van der Waals surface area contributed by atoms with Crippen LogP contribution in [0.15, 0.2) is 24.3 Å². The Labute approximate surface area is 107 Å². The van der Waals surface area contributed by atoms with E-state index in [0.29, 0.717) is 5.92 Å². The van der Waals surface area contributed by atoms with Crippen LogP contribution in [-0.4, -0.2) is 29.0 Å². The van der Waals surface area contributed by atoms with Crippen molar-refractivity contribution >= 4 is 16.8 Å². The molecule has 0 aliphatic carbocycles. The first-order valence-electron chi connectivity index (χ1n) is 6.48. The van der Waals surface area contributed by atoms with Gasteiger partial charge in [0.25, 0.3) is 5.91 Å². The average Bonchev–Trinajstić information content (AvgIpc) is 2.69. The Morgan fingerprint density at radius 1 is 1.17 bits per heavy atom. The van der Waals surface area contributed by atoms with Gasteiger partial charge in [-0.05, 0) is 17.5 Å². The van der Waals surface area contributed by atoms with Crippen LogP contribution in [-0.2, 0) is 6.54 Å². The molecule has 0 N–H and O–H groups in total. The van der Waals surface area contributed by atoms with Crippen molar-refractivity contribution in [1.29, 1.82) is 0 Å². The van der Waals surface area contributed by atoms with E-state index in [4.69, 9.17) is 0 Å². The second-order valence-electron chi connectivity index (χ2n) is 5.31. The van der Waals surface area contributed by atoms with Crippen LogP contribution >= 0.6 is 0 Å². The van der Waals surface area contributed by atoms with Crippen molar-refractivity contribution in [3.8, 4) is 0 Å². The molecule has 2 heterocycles. The Morgan fingerprint density at radius 2 is 1.89 bits per heavy atom. The van der Waals surface area contributed by atoms with Crippen molar-refractivity contribution in [2.75, 3.05) is 13.6 Å². The molecule has 1 aromatic carbocycles. The molecule has 0 spiro atoms. The van der Waals surface area contributed by atoms with Crippen molar-refractivity contribution in [3.05, 3.63) is 35.5 Å². The van der Waals surface area contributed by atoms with Gasteiger partial charge in [-0.1, -0.05) is 32.0 Å². The van der Waals surface area contributed by atoms with Gasteiger partial charge in [-0.15, -0.1) is 0 Å². The number of rotatable bonds is 1. The lowest BCUT2D eigenvalue weighted by Crippen LogP contribution is -2.37. The first kappa shape index (κ1) is 11.3. The van der Waals surface area contributed by atoms with Gasteiger partial charge in [0.05, 0.1) is 0 Å². The lowest BCUT2D eigenvalue weighted by atomic mass is 9.98. The second-order valence-corrected chi connectivity index (χ2v) is 5.31. The summed E-state index contributed by atoms with van der Waals surface area (Å²) in [5.41, 5.74) is 3.28. The Morgan fingerprint density at radius 3 is 2.61 bits per heavy atom. The molecule has 1 aromatic heterocycles. The molecule has 0 fully saturated rings. The van der Waals surface area contributed by atoms with Crippen LogP contribution in [0, 0.1) is 0 Å². The Kier molecular flexibility index (Phi) is 2.44. The molecule has 3 heteroatoms. The first-order chi connectivity index (χ1) is 8.61. The lowest BCUT2D eigenvalue weighted by Gasteiger charge is -2.26. The van der Waals surface area contributed by atoms with Crippen molar-refractivity contribution in [1.82, 2.24) is 9.47 Å². The standard InChI is InChI=1S/C15H18N2O/c1-10(2)13-11-6-4-5-7-12(11)17-9-8-16(3)15(18)14(13)17/h4-7,10H,8-9H2,1-3H3. The fourth-order valence-corrected chi connectivity index (χ4v) is 2.91. The molecule has 18 heavy (non-hydrogen) atoms. The minimum atomic E-state index is 0.154. The molecule has 0 saturated carbocycles. The molecule has 3 nitrogen and oxygen atoms in total. The molecule has 2 aromatic rings. The predicted octanol–water partition coefficient (Wildman–Crippen LogP) is 2.85. The molecule has 1 aliphatic rings. The zero-order chi connectivity index (χ0) is 12.9. The number of hydrogen-bond donors (Lipinski definition) is 0. The van der Waals surface area contributed by atoms with Gasteiger partial charge in [0.1, 0.15) is 5.69 Å². The molecule has 1 aliphatic heterocycles. The van der Waals surface area contributed by atoms with Gasteiger partial charge in [-0.25, -0.2) is 0 Å². The number of aromatic nitrogens is 1. The molecular formula is C15H18N2O. The summed E-state index contributed by atoms with van der Waals surface area (Å²) in [6.07, 6.45) is 0. The summed E-state index contributed by atoms with van der Waals surface area (Å²) < 4.78 is 2.19. The number of nitrogens with zero attached hydrogens (tertiary/aromatic N) is 2. The highest BCUT2D eigenvalue weighted by Crippen LogP contribution is 2.34. The van der Waals surface area contributed by atoms with E-state index in [9.17, 15) is 4.79 Å². The van der Waals surface area contributed by atoms with Crippen molar-refractivity contribution in [2.45, 2.75) is 26.3 Å². The Balaban J connectivity index is 2.40. The predicted molar refractivity (Wildman–Crippen MR) is 73.0 cm³/mol. The van der Waals surface area contributed by atoms with Crippen LogP contribution in [0.3, 0.4) is 0 Å². The van der Waals surface area contributed by atoms with E-state index in [-0.39, 0.29) is 5.91 Å². The fourth-order valence-electron chi connectivity index (χ4n) is 2.91. The van der Waals surface area contributed by atoms with Crippen LogP contribution < -0.4 is 0 Å². The molecule has 0 bridgehead atoms. The van der Waals surface area contributed by atoms with Crippen LogP contribution in [0.4, 0.5) is 0 Å². The number of amides is 1. The summed E-state index contributed by atoms with van der Waals surface area (Å²) in [5, 5.41) is 1.23. The number of benzene rings is 1. The lowest BCUT2D eigenvalue weighted by molar-refractivity contribution is 0.0749. The smallest absolute Gasteiger partial charge is 0.270 e. The second kappa shape index (κ2) is 3.87. The maximum absolute atomic E-state index is 12.4. The van der Waals surface area contributed by atoms with E-state index in [1.807, 2.05) is 18.0 Å². The molecule has 0 saturated heterocycles. The van der Waals surface area contributed by atoms with Crippen LogP contribution in [0.1, 0.15) is 35.8 Å². The molecule has 94 valence electrons. The zero-order valence-corrected chi connectivity index (χ0v) is 11.1. The summed E-state index contributed by atoms with van der Waals surface area (Å²) in [5.74, 6) is 0.516. The van der Waals surface area contributed by atoms with Gasteiger partial charge in [0.2, 0.25) is 0 Å². The third-order valence-electron chi connectivity index (χ3n) is 3.80. The van der Waals surface area contributed by atoms with E-state index >= 15 is 0 Å². The van der Waals surface area contributed by atoms with Gasteiger partial charge < -0.3 is 9.47 Å². The van der Waals surface area contributed by atoms with E-state index in [0.717, 1.165) is 18.8 Å². The van der Waals surface area contributed by atoms with Gasteiger partial charge in [0, 0.05) is 31.0 Å². The summed E-state index contributed by atoms with van der Waals surface area (Å²) in [6, 6.07) is 8.34. The van der Waals surface area contributed by atoms with E-state index in [1.165, 1.54) is 16.5 Å². The SMILES string of the molecule is CC(C)c1c2n(c3ccccc13)CCN(C)C2=O. The monoisotopic (exact) mass is 242 g/mol. The topological polar surface area (TPSA) is 25.2 Å². The highest BCUT2D eigenvalue weighted by molar-refractivity contribution is 6.02. The molecule has 0 atom stereocenters. The maximum atomic E-state index is 12.4. The van der Waals surface area contributed by atoms with Gasteiger partial charge in [-0.3, -0.25) is 4.79 Å². The third kappa shape index (κ3) is 1.40. The summed E-state index contributed by atoms with van der Waals surface area (Å²) in [6.45, 7) is 6.00. The number of carbonyl (C=O) groups excluding carboxylic acids is 1. The Hall–Kier alpha value is -1.77. The highest BCUT2D eigenvalue weighted by Gasteiger charge is 2.29. The third-order valence-corrected chi connectivity index (χ3v) is 3.80. The molecular weight excluding hydrogens is 224 g/mol. The van der Waals surface area contributed by atoms with Crippen LogP contribution in [0.25, 0.3) is 10.9 Å². The number of carbonyl (C=O) groups is 1. The molecule has 0 radical (unpaired) electrons. The van der Waals surface area contributed by atoms with Crippen LogP contribution in [0.2, 0.25) is 0 Å². The number of likely N-dealkylation sites (N-methyl/N-ethyl adjacent to an activating group) is 1. The number of hydrogen-bond acceptors (Lipinski definition) is 1. The van der Waals surface area contributed by atoms with Crippen LogP contribution in [0.5, 0.6) is 0 Å². The van der Waals surface area contributed by atoms with E-state index < -0.39 is 0 Å². The van der Waals surface area contributed by atoms with Gasteiger partial charge in [-0.2, -0.15) is 0 Å². The van der Waals surface area contributed by atoms with Gasteiger partial charge in [0.15, 0.2) is 0 Å². The van der Waals surface area contributed by atoms with Crippen molar-refractivity contribution in [3.63, 3.8) is 0 Å². The maximum Gasteiger partial charge on any atom is 0.270 e. The largest absolute Gasteiger partial charge is 0.339 e. The normalized spacial score (nSPS) is 15.6. The Bertz CT molecular complexity index is 625. The van der Waals surface area contributed by atoms with Gasteiger partial charge >= 0.3 is 0 Å². The molecule has 3 rings (SSSR count). The zero-order valence-electron chi connectivity index (χ0n) is 11.1. The average molecular weight is 242 g/mol. The van der Waals surface area contributed by atoms with Crippen molar-refractivity contribution < 1.29 is 4.79 Å². The summed E-state index contributed by atoms with van der Waals surface area (Å²) in [7, 11) is 1.88. The quantitative estimate of drug-likeness (QED) is 0.755. The number of para-hydroxylation sites is 1. The van der Waals surface area contributed by atoms with Crippen molar-refractivity contribution in [2.24, 2.45) is 0 Å². The van der Waals surface area contributed by atoms with E-state index in [1.54, 1.807) is 0 Å². The first-order valence-corrected chi connectivity index (χ1v) is 6.48. The molecule has 1 amide bonds. The summed E-state index contributed by atoms with van der Waals surface area (Å²) in [4.78, 5) is 14.2. The minimum Gasteiger partial charge on any atom is -0.339 e. The fraction of sp³-hybridized carbons (Fsp3) is 0.400.